The van der Waals surface area contributed by atoms with Crippen LogP contribution in [-0.4, -0.2) is 18.2 Å². The Kier molecular flexibility index (Phi) is 3.91. The van der Waals surface area contributed by atoms with Gasteiger partial charge in [-0.3, -0.25) is 4.98 Å². The zero-order chi connectivity index (χ0) is 10.6. The normalized spacial score (nSPS) is 12.9. The molecule has 0 aliphatic carbocycles. The molecule has 0 bridgehead atoms. The van der Waals surface area contributed by atoms with Crippen molar-refractivity contribution in [2.24, 2.45) is 5.73 Å². The van der Waals surface area contributed by atoms with Crippen LogP contribution < -0.4 is 5.73 Å². The van der Waals surface area contributed by atoms with Crippen LogP contribution in [0.4, 0.5) is 8.78 Å². The topological polar surface area (TPSA) is 48.1 Å². The second-order valence-electron chi connectivity index (χ2n) is 2.79. The zero-order valence-corrected chi connectivity index (χ0v) is 7.84. The average Bonchev–Trinajstić information content (AvgIpc) is 2.14. The highest BCUT2D eigenvalue weighted by Gasteiger charge is 2.13. The molecule has 1 aromatic heterocycles. The summed E-state index contributed by atoms with van der Waals surface area (Å²) in [5.41, 5.74) is 5.61. The Morgan fingerprint density at radius 2 is 2.29 bits per heavy atom. The van der Waals surface area contributed by atoms with Crippen molar-refractivity contribution in [3.8, 4) is 0 Å². The molecule has 3 nitrogen and oxygen atoms in total. The first-order valence-corrected chi connectivity index (χ1v) is 4.29. The zero-order valence-electron chi connectivity index (χ0n) is 7.84. The summed E-state index contributed by atoms with van der Waals surface area (Å²) in [5, 5.41) is 0. The van der Waals surface area contributed by atoms with Crippen LogP contribution in [0.25, 0.3) is 0 Å². The van der Waals surface area contributed by atoms with Crippen LogP contribution in [-0.2, 0) is 4.74 Å². The molecule has 0 aromatic carbocycles. The van der Waals surface area contributed by atoms with Crippen LogP contribution in [0.3, 0.4) is 0 Å². The second kappa shape index (κ2) is 4.97. The third-order valence-electron chi connectivity index (χ3n) is 1.69. The molecule has 5 heteroatoms. The molecule has 0 spiro atoms. The van der Waals surface area contributed by atoms with E-state index in [0.29, 0.717) is 6.61 Å². The first kappa shape index (κ1) is 11.0. The molecule has 0 amide bonds. The quantitative estimate of drug-likeness (QED) is 0.802. The maximum absolute atomic E-state index is 13.1. The smallest absolute Gasteiger partial charge is 0.149 e. The number of pyridine rings is 1. The van der Waals surface area contributed by atoms with Gasteiger partial charge in [0.25, 0.3) is 0 Å². The summed E-state index contributed by atoms with van der Waals surface area (Å²) in [5.74, 6) is -1.45. The van der Waals surface area contributed by atoms with Crippen molar-refractivity contribution < 1.29 is 13.5 Å². The lowest BCUT2D eigenvalue weighted by atomic mass is 10.2. The Morgan fingerprint density at radius 1 is 1.57 bits per heavy atom. The van der Waals surface area contributed by atoms with Gasteiger partial charge in [0.15, 0.2) is 0 Å². The van der Waals surface area contributed by atoms with Crippen LogP contribution in [0.15, 0.2) is 12.3 Å². The lowest BCUT2D eigenvalue weighted by molar-refractivity contribution is 0.131. The minimum atomic E-state index is -0.739. The molecule has 1 heterocycles. The molecule has 0 aliphatic heterocycles. The molecular weight excluding hydrogens is 190 g/mol. The van der Waals surface area contributed by atoms with Gasteiger partial charge in [0.1, 0.15) is 11.6 Å². The van der Waals surface area contributed by atoms with E-state index in [-0.39, 0.29) is 12.3 Å². The molecule has 1 atom stereocenters. The second-order valence-corrected chi connectivity index (χ2v) is 2.79. The van der Waals surface area contributed by atoms with E-state index < -0.39 is 17.7 Å². The Hall–Kier alpha value is -1.07. The SMILES string of the molecule is CCOCC(N)c1ncc(F)cc1F. The summed E-state index contributed by atoms with van der Waals surface area (Å²) in [4.78, 5) is 3.58. The van der Waals surface area contributed by atoms with Crippen molar-refractivity contribution in [2.75, 3.05) is 13.2 Å². The average molecular weight is 202 g/mol. The molecule has 2 N–H and O–H groups in total. The van der Waals surface area contributed by atoms with E-state index in [0.717, 1.165) is 12.3 Å². The summed E-state index contributed by atoms with van der Waals surface area (Å²) in [6.07, 6.45) is 0.935. The summed E-state index contributed by atoms with van der Waals surface area (Å²) in [6.45, 7) is 2.48. The Labute approximate surface area is 80.9 Å². The van der Waals surface area contributed by atoms with Gasteiger partial charge in [0.05, 0.1) is 24.5 Å². The Balaban J connectivity index is 2.74. The van der Waals surface area contributed by atoms with Crippen LogP contribution in [0, 0.1) is 11.6 Å². The molecule has 0 fully saturated rings. The summed E-state index contributed by atoms with van der Waals surface area (Å²) in [7, 11) is 0. The van der Waals surface area contributed by atoms with Crippen LogP contribution in [0.1, 0.15) is 18.7 Å². The molecule has 14 heavy (non-hydrogen) atoms. The number of hydrogen-bond acceptors (Lipinski definition) is 3. The van der Waals surface area contributed by atoms with Gasteiger partial charge in [-0.2, -0.15) is 0 Å². The fraction of sp³-hybridized carbons (Fsp3) is 0.444. The van der Waals surface area contributed by atoms with E-state index in [2.05, 4.69) is 4.98 Å². The van der Waals surface area contributed by atoms with Gasteiger partial charge < -0.3 is 10.5 Å². The van der Waals surface area contributed by atoms with E-state index in [4.69, 9.17) is 10.5 Å². The minimum absolute atomic E-state index is 0.0276. The minimum Gasteiger partial charge on any atom is -0.380 e. The van der Waals surface area contributed by atoms with Crippen molar-refractivity contribution >= 4 is 0 Å². The summed E-state index contributed by atoms with van der Waals surface area (Å²) >= 11 is 0. The molecule has 1 aromatic rings. The van der Waals surface area contributed by atoms with E-state index in [1.165, 1.54) is 0 Å². The highest BCUT2D eigenvalue weighted by molar-refractivity contribution is 5.12. The number of nitrogens with two attached hydrogens (primary N) is 1. The van der Waals surface area contributed by atoms with Crippen molar-refractivity contribution in [1.29, 1.82) is 0 Å². The third-order valence-corrected chi connectivity index (χ3v) is 1.69. The molecule has 0 aliphatic rings. The highest BCUT2D eigenvalue weighted by atomic mass is 19.1. The Bertz CT molecular complexity index is 307. The molecule has 0 saturated carbocycles. The van der Waals surface area contributed by atoms with Crippen molar-refractivity contribution in [3.05, 3.63) is 29.6 Å². The molecule has 78 valence electrons. The highest BCUT2D eigenvalue weighted by Crippen LogP contribution is 2.13. The van der Waals surface area contributed by atoms with Gasteiger partial charge in [-0.1, -0.05) is 0 Å². The van der Waals surface area contributed by atoms with E-state index >= 15 is 0 Å². The number of rotatable bonds is 4. The standard InChI is InChI=1S/C9H12F2N2O/c1-2-14-5-8(12)9-7(11)3-6(10)4-13-9/h3-4,8H,2,5,12H2,1H3. The van der Waals surface area contributed by atoms with E-state index in [1.54, 1.807) is 6.92 Å². The first-order chi connectivity index (χ1) is 6.65. The molecule has 1 rings (SSSR count). The predicted octanol–water partition coefficient (Wildman–Crippen LogP) is 1.40. The van der Waals surface area contributed by atoms with Crippen molar-refractivity contribution in [1.82, 2.24) is 4.98 Å². The fourth-order valence-electron chi connectivity index (χ4n) is 1.02. The maximum atomic E-state index is 13.1. The van der Waals surface area contributed by atoms with Crippen LogP contribution in [0.5, 0.6) is 0 Å². The maximum Gasteiger partial charge on any atom is 0.149 e. The van der Waals surface area contributed by atoms with Gasteiger partial charge >= 0.3 is 0 Å². The van der Waals surface area contributed by atoms with Gasteiger partial charge in [0, 0.05) is 12.7 Å². The fourth-order valence-corrected chi connectivity index (χ4v) is 1.02. The summed E-state index contributed by atoms with van der Waals surface area (Å²) in [6, 6.07) is 0.101. The number of nitrogens with zero attached hydrogens (tertiary/aromatic N) is 1. The summed E-state index contributed by atoms with van der Waals surface area (Å²) < 4.78 is 30.6. The molecule has 1 unspecified atom stereocenters. The monoisotopic (exact) mass is 202 g/mol. The first-order valence-electron chi connectivity index (χ1n) is 4.29. The molecule has 0 saturated heterocycles. The lowest BCUT2D eigenvalue weighted by Gasteiger charge is -2.11. The predicted molar refractivity (Wildman–Crippen MR) is 47.6 cm³/mol. The van der Waals surface area contributed by atoms with Crippen molar-refractivity contribution in [2.45, 2.75) is 13.0 Å². The van der Waals surface area contributed by atoms with Gasteiger partial charge in [-0.15, -0.1) is 0 Å². The van der Waals surface area contributed by atoms with Crippen molar-refractivity contribution in [3.63, 3.8) is 0 Å². The molecular formula is C9H12F2N2O. The number of hydrogen-bond donors (Lipinski definition) is 1. The van der Waals surface area contributed by atoms with Gasteiger partial charge in [0.2, 0.25) is 0 Å². The third kappa shape index (κ3) is 2.71. The van der Waals surface area contributed by atoms with E-state index in [1.807, 2.05) is 0 Å². The largest absolute Gasteiger partial charge is 0.380 e. The van der Waals surface area contributed by atoms with Crippen LogP contribution >= 0.6 is 0 Å². The molecule has 0 radical (unpaired) electrons. The van der Waals surface area contributed by atoms with Gasteiger partial charge in [-0.25, -0.2) is 8.78 Å². The van der Waals surface area contributed by atoms with E-state index in [9.17, 15) is 8.78 Å². The van der Waals surface area contributed by atoms with Gasteiger partial charge in [-0.05, 0) is 6.92 Å². The number of ether oxygens (including phenoxy) is 1. The van der Waals surface area contributed by atoms with Crippen LogP contribution in [0.2, 0.25) is 0 Å². The Morgan fingerprint density at radius 3 is 2.86 bits per heavy atom. The number of aromatic nitrogens is 1. The lowest BCUT2D eigenvalue weighted by Crippen LogP contribution is -2.20. The number of halogens is 2.